The fourth-order valence-corrected chi connectivity index (χ4v) is 2.36. The SMILES string of the molecule is CC1CN(c2cccc(Cl)c2)CC(CO)N1. The first-order valence-electron chi connectivity index (χ1n) is 5.56. The zero-order chi connectivity index (χ0) is 11.5. The van der Waals surface area contributed by atoms with Crippen molar-refractivity contribution in [3.63, 3.8) is 0 Å². The molecule has 2 rings (SSSR count). The van der Waals surface area contributed by atoms with Crippen LogP contribution in [0.1, 0.15) is 6.92 Å². The van der Waals surface area contributed by atoms with Crippen molar-refractivity contribution in [2.45, 2.75) is 19.0 Å². The molecule has 3 nitrogen and oxygen atoms in total. The average Bonchev–Trinajstić information content (AvgIpc) is 2.28. The van der Waals surface area contributed by atoms with Crippen molar-refractivity contribution in [3.05, 3.63) is 29.3 Å². The van der Waals surface area contributed by atoms with Crippen molar-refractivity contribution in [1.29, 1.82) is 0 Å². The zero-order valence-electron chi connectivity index (χ0n) is 9.36. The van der Waals surface area contributed by atoms with E-state index in [4.69, 9.17) is 11.6 Å². The molecule has 16 heavy (non-hydrogen) atoms. The minimum atomic E-state index is 0.141. The monoisotopic (exact) mass is 240 g/mol. The third-order valence-electron chi connectivity index (χ3n) is 2.85. The smallest absolute Gasteiger partial charge is 0.0602 e. The van der Waals surface area contributed by atoms with Crippen LogP contribution in [0.5, 0.6) is 0 Å². The lowest BCUT2D eigenvalue weighted by molar-refractivity contribution is 0.221. The highest BCUT2D eigenvalue weighted by Gasteiger charge is 2.23. The minimum Gasteiger partial charge on any atom is -0.395 e. The number of rotatable bonds is 2. The van der Waals surface area contributed by atoms with Gasteiger partial charge in [0.1, 0.15) is 0 Å². The maximum absolute atomic E-state index is 9.21. The standard InChI is InChI=1S/C12H17ClN2O/c1-9-6-15(7-11(8-16)14-9)12-4-2-3-10(13)5-12/h2-5,9,11,14,16H,6-8H2,1H3. The third kappa shape index (κ3) is 2.67. The van der Waals surface area contributed by atoms with E-state index in [9.17, 15) is 5.11 Å². The molecule has 1 saturated heterocycles. The first-order chi connectivity index (χ1) is 7.69. The Kier molecular flexibility index (Phi) is 3.69. The Morgan fingerprint density at radius 3 is 3.00 bits per heavy atom. The van der Waals surface area contributed by atoms with E-state index in [0.29, 0.717) is 6.04 Å². The van der Waals surface area contributed by atoms with Gasteiger partial charge in [-0.05, 0) is 25.1 Å². The molecule has 1 aliphatic rings. The van der Waals surface area contributed by atoms with Gasteiger partial charge in [-0.3, -0.25) is 0 Å². The highest BCUT2D eigenvalue weighted by molar-refractivity contribution is 6.30. The molecule has 2 N–H and O–H groups in total. The van der Waals surface area contributed by atoms with Crippen LogP contribution < -0.4 is 10.2 Å². The van der Waals surface area contributed by atoms with E-state index in [1.165, 1.54) is 0 Å². The molecule has 0 radical (unpaired) electrons. The van der Waals surface area contributed by atoms with E-state index in [1.54, 1.807) is 0 Å². The molecule has 2 unspecified atom stereocenters. The Balaban J connectivity index is 2.14. The number of hydrogen-bond donors (Lipinski definition) is 2. The van der Waals surface area contributed by atoms with Gasteiger partial charge in [0.05, 0.1) is 6.61 Å². The fourth-order valence-electron chi connectivity index (χ4n) is 2.17. The lowest BCUT2D eigenvalue weighted by Crippen LogP contribution is -2.56. The Morgan fingerprint density at radius 1 is 1.50 bits per heavy atom. The third-order valence-corrected chi connectivity index (χ3v) is 3.08. The summed E-state index contributed by atoms with van der Waals surface area (Å²) in [5.41, 5.74) is 1.12. The van der Waals surface area contributed by atoms with Crippen molar-refractivity contribution >= 4 is 17.3 Å². The van der Waals surface area contributed by atoms with Gasteiger partial charge in [-0.25, -0.2) is 0 Å². The van der Waals surface area contributed by atoms with Gasteiger partial charge in [-0.15, -0.1) is 0 Å². The van der Waals surface area contributed by atoms with Crippen LogP contribution in [0.2, 0.25) is 5.02 Å². The maximum atomic E-state index is 9.21. The van der Waals surface area contributed by atoms with Gasteiger partial charge in [0.2, 0.25) is 0 Å². The summed E-state index contributed by atoms with van der Waals surface area (Å²) in [6.07, 6.45) is 0. The second kappa shape index (κ2) is 5.04. The van der Waals surface area contributed by atoms with E-state index in [0.717, 1.165) is 23.8 Å². The molecule has 1 aromatic rings. The van der Waals surface area contributed by atoms with Gasteiger partial charge in [0.15, 0.2) is 0 Å². The predicted octanol–water partition coefficient (Wildman–Crippen LogP) is 1.50. The maximum Gasteiger partial charge on any atom is 0.0602 e. The number of benzene rings is 1. The second-order valence-corrected chi connectivity index (χ2v) is 4.77. The highest BCUT2D eigenvalue weighted by atomic mass is 35.5. The Labute approximate surface area is 101 Å². The number of aliphatic hydroxyl groups is 1. The van der Waals surface area contributed by atoms with Crippen LogP contribution in [-0.2, 0) is 0 Å². The summed E-state index contributed by atoms with van der Waals surface area (Å²) < 4.78 is 0. The van der Waals surface area contributed by atoms with Crippen molar-refractivity contribution in [1.82, 2.24) is 5.32 Å². The molecule has 0 spiro atoms. The largest absolute Gasteiger partial charge is 0.395 e. The number of nitrogens with one attached hydrogen (secondary N) is 1. The normalized spacial score (nSPS) is 25.8. The number of hydrogen-bond acceptors (Lipinski definition) is 3. The van der Waals surface area contributed by atoms with E-state index < -0.39 is 0 Å². The number of anilines is 1. The summed E-state index contributed by atoms with van der Waals surface area (Å²) in [5.74, 6) is 0. The molecule has 2 atom stereocenters. The molecule has 1 aliphatic heterocycles. The molecule has 0 saturated carbocycles. The fraction of sp³-hybridized carbons (Fsp3) is 0.500. The molecule has 0 bridgehead atoms. The molecule has 1 fully saturated rings. The first kappa shape index (κ1) is 11.7. The average molecular weight is 241 g/mol. The predicted molar refractivity (Wildman–Crippen MR) is 67.1 cm³/mol. The summed E-state index contributed by atoms with van der Waals surface area (Å²) in [5, 5.41) is 13.3. The van der Waals surface area contributed by atoms with Crippen LogP contribution in [0.4, 0.5) is 5.69 Å². The van der Waals surface area contributed by atoms with E-state index >= 15 is 0 Å². The van der Waals surface area contributed by atoms with Crippen molar-refractivity contribution in [2.75, 3.05) is 24.6 Å². The molecule has 0 amide bonds. The summed E-state index contributed by atoms with van der Waals surface area (Å²) in [6.45, 7) is 4.05. The van der Waals surface area contributed by atoms with Gasteiger partial charge in [-0.2, -0.15) is 0 Å². The molecule has 1 aromatic carbocycles. The van der Waals surface area contributed by atoms with Crippen molar-refractivity contribution < 1.29 is 5.11 Å². The topological polar surface area (TPSA) is 35.5 Å². The zero-order valence-corrected chi connectivity index (χ0v) is 10.1. The molecular formula is C12H17ClN2O. The van der Waals surface area contributed by atoms with E-state index in [2.05, 4.69) is 23.2 Å². The van der Waals surface area contributed by atoms with Gasteiger partial charge in [0, 0.05) is 35.9 Å². The molecule has 88 valence electrons. The summed E-state index contributed by atoms with van der Waals surface area (Å²) in [6, 6.07) is 8.37. The quantitative estimate of drug-likeness (QED) is 0.823. The van der Waals surface area contributed by atoms with Gasteiger partial charge in [0.25, 0.3) is 0 Å². The van der Waals surface area contributed by atoms with Crippen molar-refractivity contribution in [2.24, 2.45) is 0 Å². The van der Waals surface area contributed by atoms with Gasteiger partial charge < -0.3 is 15.3 Å². The van der Waals surface area contributed by atoms with Crippen LogP contribution in [-0.4, -0.2) is 36.9 Å². The van der Waals surface area contributed by atoms with Crippen LogP contribution in [0.25, 0.3) is 0 Å². The first-order valence-corrected chi connectivity index (χ1v) is 5.94. The van der Waals surface area contributed by atoms with Gasteiger partial charge >= 0.3 is 0 Å². The highest BCUT2D eigenvalue weighted by Crippen LogP contribution is 2.21. The van der Waals surface area contributed by atoms with Crippen LogP contribution >= 0.6 is 11.6 Å². The number of nitrogens with zero attached hydrogens (tertiary/aromatic N) is 1. The van der Waals surface area contributed by atoms with Gasteiger partial charge in [-0.1, -0.05) is 17.7 Å². The molecule has 0 aromatic heterocycles. The second-order valence-electron chi connectivity index (χ2n) is 4.33. The lowest BCUT2D eigenvalue weighted by Gasteiger charge is -2.38. The summed E-state index contributed by atoms with van der Waals surface area (Å²) in [7, 11) is 0. The summed E-state index contributed by atoms with van der Waals surface area (Å²) >= 11 is 5.98. The van der Waals surface area contributed by atoms with E-state index in [1.807, 2.05) is 18.2 Å². The lowest BCUT2D eigenvalue weighted by atomic mass is 10.1. The molecule has 4 heteroatoms. The summed E-state index contributed by atoms with van der Waals surface area (Å²) in [4.78, 5) is 2.26. The van der Waals surface area contributed by atoms with Crippen LogP contribution in [0.15, 0.2) is 24.3 Å². The number of aliphatic hydroxyl groups excluding tert-OH is 1. The van der Waals surface area contributed by atoms with Crippen molar-refractivity contribution in [3.8, 4) is 0 Å². The van der Waals surface area contributed by atoms with Crippen LogP contribution in [0, 0.1) is 0 Å². The molecular weight excluding hydrogens is 224 g/mol. The Hall–Kier alpha value is -0.770. The number of halogens is 1. The van der Waals surface area contributed by atoms with E-state index in [-0.39, 0.29) is 12.6 Å². The Morgan fingerprint density at radius 2 is 2.31 bits per heavy atom. The molecule has 0 aliphatic carbocycles. The minimum absolute atomic E-state index is 0.141. The Bertz CT molecular complexity index is 359. The van der Waals surface area contributed by atoms with Crippen LogP contribution in [0.3, 0.4) is 0 Å². The number of piperazine rings is 1. The molecule has 1 heterocycles.